The van der Waals surface area contributed by atoms with E-state index in [1.54, 1.807) is 0 Å². The van der Waals surface area contributed by atoms with Crippen LogP contribution >= 0.6 is 0 Å². The van der Waals surface area contributed by atoms with E-state index >= 15 is 0 Å². The van der Waals surface area contributed by atoms with Gasteiger partial charge in [0.2, 0.25) is 10.0 Å². The molecule has 0 bridgehead atoms. The summed E-state index contributed by atoms with van der Waals surface area (Å²) in [5, 5.41) is -0.208. The molecule has 1 saturated heterocycles. The van der Waals surface area contributed by atoms with Crippen molar-refractivity contribution in [2.75, 3.05) is 32.8 Å². The highest BCUT2D eigenvalue weighted by atomic mass is 32.2. The molecule has 2 aliphatic rings. The van der Waals surface area contributed by atoms with E-state index in [9.17, 15) is 8.42 Å². The summed E-state index contributed by atoms with van der Waals surface area (Å²) in [4.78, 5) is 2.32. The van der Waals surface area contributed by atoms with Crippen LogP contribution in [-0.2, 0) is 14.8 Å². The van der Waals surface area contributed by atoms with Gasteiger partial charge in [-0.3, -0.25) is 4.90 Å². The highest BCUT2D eigenvalue weighted by molar-refractivity contribution is 7.90. The molecule has 0 radical (unpaired) electrons. The Hall–Kier alpha value is -0.950. The van der Waals surface area contributed by atoms with Crippen LogP contribution in [0.4, 0.5) is 0 Å². The molecule has 24 heavy (non-hydrogen) atoms. The van der Waals surface area contributed by atoms with Gasteiger partial charge in [-0.1, -0.05) is 42.7 Å². The minimum atomic E-state index is -3.22. The molecule has 1 aliphatic carbocycles. The van der Waals surface area contributed by atoms with Crippen molar-refractivity contribution in [2.45, 2.75) is 43.9 Å². The van der Waals surface area contributed by atoms with Gasteiger partial charge in [-0.2, -0.15) is 0 Å². The van der Waals surface area contributed by atoms with Gasteiger partial charge in [0.15, 0.2) is 0 Å². The SMILES string of the molecule is Cc1ccc(C(CNS(=O)(=O)C2CCCC2)N2CCOCC2)cc1. The van der Waals surface area contributed by atoms with Gasteiger partial charge in [0.05, 0.1) is 18.5 Å². The molecule has 6 heteroatoms. The Morgan fingerprint density at radius 3 is 2.42 bits per heavy atom. The maximum Gasteiger partial charge on any atom is 0.214 e. The number of hydrogen-bond acceptors (Lipinski definition) is 4. The standard InChI is InChI=1S/C18H28N2O3S/c1-15-6-8-16(9-7-15)18(20-10-12-23-13-11-20)14-19-24(21,22)17-4-2-3-5-17/h6-9,17-19H,2-5,10-14H2,1H3. The molecule has 1 aromatic carbocycles. The number of benzene rings is 1. The first-order valence-electron chi connectivity index (χ1n) is 8.93. The lowest BCUT2D eigenvalue weighted by molar-refractivity contribution is 0.0172. The fraction of sp³-hybridized carbons (Fsp3) is 0.667. The summed E-state index contributed by atoms with van der Waals surface area (Å²) in [5.74, 6) is 0. The molecule has 0 aromatic heterocycles. The average molecular weight is 353 g/mol. The van der Waals surface area contributed by atoms with Crippen LogP contribution in [0.2, 0.25) is 0 Å². The topological polar surface area (TPSA) is 58.6 Å². The van der Waals surface area contributed by atoms with Gasteiger partial charge in [-0.15, -0.1) is 0 Å². The van der Waals surface area contributed by atoms with Gasteiger partial charge in [0, 0.05) is 25.7 Å². The van der Waals surface area contributed by atoms with E-state index in [2.05, 4.69) is 40.8 Å². The van der Waals surface area contributed by atoms with E-state index in [1.807, 2.05) is 0 Å². The molecule has 0 spiro atoms. The molecule has 134 valence electrons. The molecule has 1 atom stereocenters. The Balaban J connectivity index is 1.73. The number of ether oxygens (including phenoxy) is 1. The molecule has 3 rings (SSSR count). The largest absolute Gasteiger partial charge is 0.379 e. The van der Waals surface area contributed by atoms with Crippen LogP contribution in [-0.4, -0.2) is 51.4 Å². The molecule has 1 N–H and O–H groups in total. The van der Waals surface area contributed by atoms with Crippen LogP contribution in [0.15, 0.2) is 24.3 Å². The molecule has 0 amide bonds. The number of rotatable bonds is 6. The van der Waals surface area contributed by atoms with Crippen molar-refractivity contribution in [3.05, 3.63) is 35.4 Å². The lowest BCUT2D eigenvalue weighted by Crippen LogP contribution is -2.45. The highest BCUT2D eigenvalue weighted by Crippen LogP contribution is 2.26. The Kier molecular flexibility index (Phi) is 5.92. The first kappa shape index (κ1) is 17.9. The third-order valence-corrected chi connectivity index (χ3v) is 7.09. The summed E-state index contributed by atoms with van der Waals surface area (Å²) in [6.07, 6.45) is 3.64. The van der Waals surface area contributed by atoms with Crippen molar-refractivity contribution in [2.24, 2.45) is 0 Å². The van der Waals surface area contributed by atoms with E-state index in [4.69, 9.17) is 4.74 Å². The fourth-order valence-corrected chi connectivity index (χ4v) is 5.23. The Bertz CT molecular complexity index is 618. The maximum atomic E-state index is 12.6. The van der Waals surface area contributed by atoms with Gasteiger partial charge in [-0.25, -0.2) is 13.1 Å². The predicted molar refractivity (Wildman–Crippen MR) is 95.5 cm³/mol. The number of sulfonamides is 1. The Labute approximate surface area is 145 Å². The van der Waals surface area contributed by atoms with Crippen LogP contribution < -0.4 is 4.72 Å². The van der Waals surface area contributed by atoms with Crippen LogP contribution in [0.25, 0.3) is 0 Å². The number of nitrogens with zero attached hydrogens (tertiary/aromatic N) is 1. The zero-order chi connectivity index (χ0) is 17.0. The lowest BCUT2D eigenvalue weighted by Gasteiger charge is -2.35. The summed E-state index contributed by atoms with van der Waals surface area (Å²) in [6.45, 7) is 5.58. The van der Waals surface area contributed by atoms with Gasteiger partial charge in [0.25, 0.3) is 0 Å². The van der Waals surface area contributed by atoms with Crippen molar-refractivity contribution in [1.29, 1.82) is 0 Å². The summed E-state index contributed by atoms with van der Waals surface area (Å²) in [6, 6.07) is 8.46. The Morgan fingerprint density at radius 1 is 1.17 bits per heavy atom. The van der Waals surface area contributed by atoms with E-state index in [0.29, 0.717) is 19.8 Å². The summed E-state index contributed by atoms with van der Waals surface area (Å²) in [7, 11) is -3.22. The summed E-state index contributed by atoms with van der Waals surface area (Å²) >= 11 is 0. The van der Waals surface area contributed by atoms with Gasteiger partial charge < -0.3 is 4.74 Å². The first-order chi connectivity index (χ1) is 11.6. The van der Waals surface area contributed by atoms with Gasteiger partial charge >= 0.3 is 0 Å². The minimum Gasteiger partial charge on any atom is -0.379 e. The van der Waals surface area contributed by atoms with E-state index in [-0.39, 0.29) is 11.3 Å². The molecule has 2 fully saturated rings. The number of morpholine rings is 1. The number of aryl methyl sites for hydroxylation is 1. The van der Waals surface area contributed by atoms with E-state index < -0.39 is 10.0 Å². The van der Waals surface area contributed by atoms with Crippen molar-refractivity contribution in [1.82, 2.24) is 9.62 Å². The van der Waals surface area contributed by atoms with Crippen molar-refractivity contribution < 1.29 is 13.2 Å². The molecule has 1 aliphatic heterocycles. The number of hydrogen-bond donors (Lipinski definition) is 1. The molecule has 5 nitrogen and oxygen atoms in total. The zero-order valence-corrected chi connectivity index (χ0v) is 15.2. The third-order valence-electron chi connectivity index (χ3n) is 5.17. The predicted octanol–water partition coefficient (Wildman–Crippen LogP) is 2.23. The molecular weight excluding hydrogens is 324 g/mol. The summed E-state index contributed by atoms with van der Waals surface area (Å²) < 4.78 is 33.5. The molecular formula is C18H28N2O3S. The van der Waals surface area contributed by atoms with E-state index in [0.717, 1.165) is 44.3 Å². The second-order valence-corrected chi connectivity index (χ2v) is 8.92. The van der Waals surface area contributed by atoms with Crippen LogP contribution in [0, 0.1) is 6.92 Å². The zero-order valence-electron chi connectivity index (χ0n) is 14.4. The van der Waals surface area contributed by atoms with Crippen LogP contribution in [0.5, 0.6) is 0 Å². The number of nitrogens with one attached hydrogen (secondary N) is 1. The fourth-order valence-electron chi connectivity index (χ4n) is 3.65. The van der Waals surface area contributed by atoms with Gasteiger partial charge in [-0.05, 0) is 25.3 Å². The summed E-state index contributed by atoms with van der Waals surface area (Å²) in [5.41, 5.74) is 2.38. The maximum absolute atomic E-state index is 12.6. The average Bonchev–Trinajstić information content (AvgIpc) is 3.13. The highest BCUT2D eigenvalue weighted by Gasteiger charge is 2.30. The second kappa shape index (κ2) is 7.95. The first-order valence-corrected chi connectivity index (χ1v) is 10.5. The molecule has 1 unspecified atom stereocenters. The monoisotopic (exact) mass is 352 g/mol. The van der Waals surface area contributed by atoms with Crippen molar-refractivity contribution in [3.8, 4) is 0 Å². The molecule has 1 aromatic rings. The molecule has 1 heterocycles. The van der Waals surface area contributed by atoms with Gasteiger partial charge in [0.1, 0.15) is 0 Å². The van der Waals surface area contributed by atoms with Crippen LogP contribution in [0.1, 0.15) is 42.9 Å². The minimum absolute atomic E-state index is 0.0608. The second-order valence-electron chi connectivity index (χ2n) is 6.87. The quantitative estimate of drug-likeness (QED) is 0.853. The lowest BCUT2D eigenvalue weighted by atomic mass is 10.0. The molecule has 1 saturated carbocycles. The Morgan fingerprint density at radius 2 is 1.79 bits per heavy atom. The van der Waals surface area contributed by atoms with E-state index in [1.165, 1.54) is 5.56 Å². The van der Waals surface area contributed by atoms with Crippen molar-refractivity contribution in [3.63, 3.8) is 0 Å². The third kappa shape index (κ3) is 4.36. The smallest absolute Gasteiger partial charge is 0.214 e. The normalized spacial score (nSPS) is 21.9. The van der Waals surface area contributed by atoms with Crippen molar-refractivity contribution >= 4 is 10.0 Å². The van der Waals surface area contributed by atoms with Crippen LogP contribution in [0.3, 0.4) is 0 Å².